The first kappa shape index (κ1) is 13.4. The maximum Gasteiger partial charge on any atom is 0.130 e. The van der Waals surface area contributed by atoms with Gasteiger partial charge in [-0.2, -0.15) is 0 Å². The second-order valence-electron chi connectivity index (χ2n) is 4.72. The van der Waals surface area contributed by atoms with Crippen LogP contribution in [0, 0.1) is 0 Å². The molecule has 0 amide bonds. The number of fused-ring (bicyclic) bond motifs is 1. The number of hydrogen-bond donors (Lipinski definition) is 1. The Morgan fingerprint density at radius 2 is 2.33 bits per heavy atom. The number of ether oxygens (including phenoxy) is 1. The molecule has 0 aliphatic heterocycles. The molecule has 1 atom stereocenters. The van der Waals surface area contributed by atoms with Gasteiger partial charge in [-0.3, -0.25) is 0 Å². The van der Waals surface area contributed by atoms with E-state index >= 15 is 0 Å². The molecular weight excluding hydrogens is 226 g/mol. The van der Waals surface area contributed by atoms with E-state index in [4.69, 9.17) is 9.72 Å². The summed E-state index contributed by atoms with van der Waals surface area (Å²) in [5, 5.41) is 3.37. The Morgan fingerprint density at radius 1 is 1.44 bits per heavy atom. The summed E-state index contributed by atoms with van der Waals surface area (Å²) in [4.78, 5) is 9.18. The lowest BCUT2D eigenvalue weighted by molar-refractivity contribution is 0.149. The van der Waals surface area contributed by atoms with Crippen LogP contribution in [-0.4, -0.2) is 30.2 Å². The summed E-state index contributed by atoms with van der Waals surface area (Å²) in [5.41, 5.74) is 2.52. The first-order valence-corrected chi connectivity index (χ1v) is 6.94. The number of hydrogen-bond acceptors (Lipinski definition) is 4. The lowest BCUT2D eigenvalue weighted by Crippen LogP contribution is -2.18. The van der Waals surface area contributed by atoms with Crippen LogP contribution in [0.15, 0.2) is 6.20 Å². The van der Waals surface area contributed by atoms with Crippen LogP contribution in [0.1, 0.15) is 49.3 Å². The predicted octanol–water partition coefficient (Wildman–Crippen LogP) is 2.04. The molecule has 2 rings (SSSR count). The Balaban J connectivity index is 2.12. The minimum atomic E-state index is 0.420. The Labute approximate surface area is 109 Å². The van der Waals surface area contributed by atoms with Gasteiger partial charge < -0.3 is 10.1 Å². The van der Waals surface area contributed by atoms with Crippen molar-refractivity contribution in [1.29, 1.82) is 0 Å². The van der Waals surface area contributed by atoms with Gasteiger partial charge in [0.25, 0.3) is 0 Å². The van der Waals surface area contributed by atoms with Crippen molar-refractivity contribution in [2.45, 2.75) is 45.1 Å². The van der Waals surface area contributed by atoms with Crippen molar-refractivity contribution in [3.05, 3.63) is 23.3 Å². The molecule has 0 radical (unpaired) electrons. The van der Waals surface area contributed by atoms with Crippen LogP contribution in [0.3, 0.4) is 0 Å². The molecule has 4 nitrogen and oxygen atoms in total. The number of aryl methyl sites for hydroxylation is 1. The van der Waals surface area contributed by atoms with Crippen LogP contribution in [0.4, 0.5) is 0 Å². The number of aromatic nitrogens is 2. The molecule has 1 unspecified atom stereocenters. The first-order valence-electron chi connectivity index (χ1n) is 6.94. The molecule has 1 aromatic heterocycles. The lowest BCUT2D eigenvalue weighted by atomic mass is 10.1. The van der Waals surface area contributed by atoms with Crippen LogP contribution in [0.5, 0.6) is 0 Å². The third kappa shape index (κ3) is 3.27. The van der Waals surface area contributed by atoms with Gasteiger partial charge in [0, 0.05) is 36.5 Å². The average molecular weight is 249 g/mol. The molecule has 1 aromatic rings. The van der Waals surface area contributed by atoms with Crippen LogP contribution < -0.4 is 5.32 Å². The Kier molecular flexibility index (Phi) is 5.08. The predicted molar refractivity (Wildman–Crippen MR) is 71.6 cm³/mol. The maximum absolute atomic E-state index is 5.36. The minimum Gasteiger partial charge on any atom is -0.381 e. The van der Waals surface area contributed by atoms with Gasteiger partial charge in [-0.1, -0.05) is 6.42 Å². The third-order valence-corrected chi connectivity index (χ3v) is 3.50. The molecule has 1 heterocycles. The molecule has 0 bridgehead atoms. The average Bonchev–Trinajstić information content (AvgIpc) is 2.60. The summed E-state index contributed by atoms with van der Waals surface area (Å²) < 4.78 is 5.36. The van der Waals surface area contributed by atoms with Crippen LogP contribution in [-0.2, 0) is 17.6 Å². The molecule has 0 fully saturated rings. The summed E-state index contributed by atoms with van der Waals surface area (Å²) in [5.74, 6) is 0.916. The number of nitrogens with zero attached hydrogens (tertiary/aromatic N) is 2. The zero-order valence-corrected chi connectivity index (χ0v) is 11.4. The highest BCUT2D eigenvalue weighted by Crippen LogP contribution is 2.26. The van der Waals surface area contributed by atoms with Crippen molar-refractivity contribution >= 4 is 0 Å². The Bertz CT molecular complexity index is 381. The molecule has 1 aliphatic rings. The minimum absolute atomic E-state index is 0.420. The lowest BCUT2D eigenvalue weighted by Gasteiger charge is -2.16. The van der Waals surface area contributed by atoms with E-state index in [0.717, 1.165) is 25.3 Å². The molecule has 18 heavy (non-hydrogen) atoms. The standard InChI is InChI=1S/C14H23N3O/c1-3-18-9-8-14-16-10-11-12(15-2)6-4-5-7-13(11)17-14/h10,12,15H,3-9H2,1-2H3. The summed E-state index contributed by atoms with van der Waals surface area (Å²) in [7, 11) is 2.02. The quantitative estimate of drug-likeness (QED) is 0.641. The fourth-order valence-electron chi connectivity index (χ4n) is 2.48. The van der Waals surface area contributed by atoms with Gasteiger partial charge in [-0.05, 0) is 33.2 Å². The Morgan fingerprint density at radius 3 is 3.11 bits per heavy atom. The van der Waals surface area contributed by atoms with Gasteiger partial charge >= 0.3 is 0 Å². The van der Waals surface area contributed by atoms with Gasteiger partial charge in [-0.15, -0.1) is 0 Å². The van der Waals surface area contributed by atoms with Crippen molar-refractivity contribution in [3.8, 4) is 0 Å². The fourth-order valence-corrected chi connectivity index (χ4v) is 2.48. The SMILES string of the molecule is CCOCCc1ncc2c(n1)CCCCC2NC. The van der Waals surface area contributed by atoms with Gasteiger partial charge in [0.15, 0.2) is 0 Å². The molecule has 0 saturated heterocycles. The van der Waals surface area contributed by atoms with E-state index in [0.29, 0.717) is 12.6 Å². The van der Waals surface area contributed by atoms with Gasteiger partial charge in [0.1, 0.15) is 5.82 Å². The van der Waals surface area contributed by atoms with Crippen molar-refractivity contribution in [2.75, 3.05) is 20.3 Å². The molecule has 100 valence electrons. The van der Waals surface area contributed by atoms with E-state index in [1.54, 1.807) is 0 Å². The van der Waals surface area contributed by atoms with E-state index < -0.39 is 0 Å². The summed E-state index contributed by atoms with van der Waals surface area (Å²) in [6.45, 7) is 3.48. The zero-order valence-electron chi connectivity index (χ0n) is 11.4. The van der Waals surface area contributed by atoms with Crippen LogP contribution in [0.25, 0.3) is 0 Å². The molecule has 0 spiro atoms. The van der Waals surface area contributed by atoms with Crippen molar-refractivity contribution in [2.24, 2.45) is 0 Å². The van der Waals surface area contributed by atoms with Gasteiger partial charge in [0.05, 0.1) is 6.61 Å². The summed E-state index contributed by atoms with van der Waals surface area (Å²) in [6, 6.07) is 0.420. The highest BCUT2D eigenvalue weighted by atomic mass is 16.5. The maximum atomic E-state index is 5.36. The monoisotopic (exact) mass is 249 g/mol. The van der Waals surface area contributed by atoms with Crippen LogP contribution >= 0.6 is 0 Å². The molecule has 0 saturated carbocycles. The van der Waals surface area contributed by atoms with Crippen molar-refractivity contribution in [1.82, 2.24) is 15.3 Å². The van der Waals surface area contributed by atoms with Gasteiger partial charge in [-0.25, -0.2) is 9.97 Å². The van der Waals surface area contributed by atoms with Crippen molar-refractivity contribution in [3.63, 3.8) is 0 Å². The second-order valence-corrected chi connectivity index (χ2v) is 4.72. The summed E-state index contributed by atoms with van der Waals surface area (Å²) in [6.07, 6.45) is 7.58. The van der Waals surface area contributed by atoms with Crippen LogP contribution in [0.2, 0.25) is 0 Å². The van der Waals surface area contributed by atoms with E-state index in [2.05, 4.69) is 10.3 Å². The topological polar surface area (TPSA) is 47.0 Å². The molecular formula is C14H23N3O. The highest BCUT2D eigenvalue weighted by Gasteiger charge is 2.19. The zero-order chi connectivity index (χ0) is 12.8. The van der Waals surface area contributed by atoms with E-state index in [-0.39, 0.29) is 0 Å². The van der Waals surface area contributed by atoms with E-state index in [9.17, 15) is 0 Å². The van der Waals surface area contributed by atoms with Crippen molar-refractivity contribution < 1.29 is 4.74 Å². The number of rotatable bonds is 5. The first-order chi connectivity index (χ1) is 8.85. The van der Waals surface area contributed by atoms with E-state index in [1.807, 2.05) is 20.2 Å². The second kappa shape index (κ2) is 6.81. The molecule has 4 heteroatoms. The fraction of sp³-hybridized carbons (Fsp3) is 0.714. The highest BCUT2D eigenvalue weighted by molar-refractivity contribution is 5.23. The number of nitrogens with one attached hydrogen (secondary N) is 1. The summed E-state index contributed by atoms with van der Waals surface area (Å²) >= 11 is 0. The smallest absolute Gasteiger partial charge is 0.130 e. The Hall–Kier alpha value is -1.00. The molecule has 1 aliphatic carbocycles. The molecule has 1 N–H and O–H groups in total. The van der Waals surface area contributed by atoms with Gasteiger partial charge in [0.2, 0.25) is 0 Å². The normalized spacial score (nSPS) is 19.3. The third-order valence-electron chi connectivity index (χ3n) is 3.50. The molecule has 0 aromatic carbocycles. The van der Waals surface area contributed by atoms with E-state index in [1.165, 1.54) is 30.5 Å². The largest absolute Gasteiger partial charge is 0.381 e.